The second kappa shape index (κ2) is 6.24. The van der Waals surface area contributed by atoms with E-state index in [4.69, 9.17) is 16.3 Å². The molecule has 3 nitrogen and oxygen atoms in total. The third-order valence-corrected chi connectivity index (χ3v) is 3.37. The van der Waals surface area contributed by atoms with Crippen molar-refractivity contribution < 1.29 is 9.53 Å². The van der Waals surface area contributed by atoms with Crippen molar-refractivity contribution >= 4 is 30.0 Å². The molecule has 1 aromatic rings. The van der Waals surface area contributed by atoms with Gasteiger partial charge in [-0.15, -0.1) is 12.4 Å². The number of methoxy groups -OCH3 is 1. The molecule has 1 N–H and O–H groups in total. The lowest BCUT2D eigenvalue weighted by molar-refractivity contribution is -0.145. The Labute approximate surface area is 112 Å². The molecular formula is C12H15Cl2NO2. The average Bonchev–Trinajstić information content (AvgIpc) is 2.77. The van der Waals surface area contributed by atoms with Crippen LogP contribution < -0.4 is 5.32 Å². The van der Waals surface area contributed by atoms with Gasteiger partial charge in [-0.1, -0.05) is 29.8 Å². The van der Waals surface area contributed by atoms with Crippen LogP contribution in [0, 0.1) is 5.92 Å². The highest BCUT2D eigenvalue weighted by Crippen LogP contribution is 2.33. The zero-order valence-electron chi connectivity index (χ0n) is 9.48. The first-order valence-electron chi connectivity index (χ1n) is 5.27. The lowest BCUT2D eigenvalue weighted by Gasteiger charge is -2.17. The van der Waals surface area contributed by atoms with E-state index in [2.05, 4.69) is 5.32 Å². The quantitative estimate of drug-likeness (QED) is 0.842. The molecule has 2 rings (SSSR count). The normalized spacial score (nSPS) is 22.9. The Balaban J connectivity index is 0.00000144. The van der Waals surface area contributed by atoms with E-state index in [0.29, 0.717) is 11.6 Å². The van der Waals surface area contributed by atoms with Crippen molar-refractivity contribution in [3.63, 3.8) is 0 Å². The zero-order chi connectivity index (χ0) is 11.5. The molecular weight excluding hydrogens is 261 g/mol. The molecule has 0 aromatic heterocycles. The fourth-order valence-electron chi connectivity index (χ4n) is 2.18. The Kier molecular flexibility index (Phi) is 5.25. The molecule has 0 saturated carbocycles. The number of benzene rings is 1. The van der Waals surface area contributed by atoms with E-state index in [9.17, 15) is 4.79 Å². The molecule has 5 heteroatoms. The highest BCUT2D eigenvalue weighted by atomic mass is 35.5. The van der Waals surface area contributed by atoms with Crippen LogP contribution in [0.5, 0.6) is 0 Å². The summed E-state index contributed by atoms with van der Waals surface area (Å²) in [5, 5.41) is 3.92. The van der Waals surface area contributed by atoms with Crippen molar-refractivity contribution in [2.75, 3.05) is 20.2 Å². The number of ether oxygens (including phenoxy) is 1. The standard InChI is InChI=1S/C12H14ClNO2.ClH/c1-16-12(15)10-7-14-6-9(10)8-4-2-3-5-11(8)13;/h2-5,9-10,14H,6-7H2,1H3;1H. The van der Waals surface area contributed by atoms with Crippen LogP contribution in [0.4, 0.5) is 0 Å². The Morgan fingerprint density at radius 2 is 2.12 bits per heavy atom. The van der Waals surface area contributed by atoms with Crippen LogP contribution in [-0.2, 0) is 9.53 Å². The summed E-state index contributed by atoms with van der Waals surface area (Å²) >= 11 is 6.14. The number of esters is 1. The lowest BCUT2D eigenvalue weighted by atomic mass is 9.89. The van der Waals surface area contributed by atoms with E-state index >= 15 is 0 Å². The second-order valence-corrected chi connectivity index (χ2v) is 4.32. The summed E-state index contributed by atoms with van der Waals surface area (Å²) in [5.74, 6) is -0.194. The summed E-state index contributed by atoms with van der Waals surface area (Å²) in [4.78, 5) is 11.6. The predicted molar refractivity (Wildman–Crippen MR) is 69.8 cm³/mol. The van der Waals surface area contributed by atoms with Crippen LogP contribution in [-0.4, -0.2) is 26.2 Å². The molecule has 1 fully saturated rings. The van der Waals surface area contributed by atoms with Gasteiger partial charge in [-0.25, -0.2) is 0 Å². The monoisotopic (exact) mass is 275 g/mol. The number of halogens is 2. The van der Waals surface area contributed by atoms with Gasteiger partial charge in [-0.05, 0) is 11.6 Å². The molecule has 1 saturated heterocycles. The topological polar surface area (TPSA) is 38.3 Å². The number of hydrogen-bond donors (Lipinski definition) is 1. The first-order valence-corrected chi connectivity index (χ1v) is 5.65. The minimum absolute atomic E-state index is 0. The first-order chi connectivity index (χ1) is 7.74. The lowest BCUT2D eigenvalue weighted by Crippen LogP contribution is -2.23. The van der Waals surface area contributed by atoms with Gasteiger partial charge in [0.1, 0.15) is 0 Å². The van der Waals surface area contributed by atoms with Crippen molar-refractivity contribution in [3.05, 3.63) is 34.9 Å². The van der Waals surface area contributed by atoms with Crippen molar-refractivity contribution in [2.24, 2.45) is 5.92 Å². The van der Waals surface area contributed by atoms with Crippen molar-refractivity contribution in [1.82, 2.24) is 5.32 Å². The molecule has 0 spiro atoms. The summed E-state index contributed by atoms with van der Waals surface area (Å²) in [6.07, 6.45) is 0. The minimum Gasteiger partial charge on any atom is -0.469 e. The van der Waals surface area contributed by atoms with Gasteiger partial charge in [0.15, 0.2) is 0 Å². The first kappa shape index (κ1) is 14.3. The number of hydrogen-bond acceptors (Lipinski definition) is 3. The van der Waals surface area contributed by atoms with Crippen LogP contribution in [0.15, 0.2) is 24.3 Å². The van der Waals surface area contributed by atoms with Crippen molar-refractivity contribution in [3.8, 4) is 0 Å². The van der Waals surface area contributed by atoms with E-state index < -0.39 is 0 Å². The Hall–Kier alpha value is -0.770. The summed E-state index contributed by atoms with van der Waals surface area (Å²) in [6, 6.07) is 7.65. The molecule has 1 aliphatic rings. The molecule has 0 aliphatic carbocycles. The molecule has 1 aliphatic heterocycles. The van der Waals surface area contributed by atoms with E-state index in [1.165, 1.54) is 7.11 Å². The fourth-order valence-corrected chi connectivity index (χ4v) is 2.46. The molecule has 0 amide bonds. The molecule has 0 radical (unpaired) electrons. The highest BCUT2D eigenvalue weighted by Gasteiger charge is 2.35. The van der Waals surface area contributed by atoms with E-state index in [1.807, 2.05) is 24.3 Å². The molecule has 1 aromatic carbocycles. The van der Waals surface area contributed by atoms with Gasteiger partial charge in [0.2, 0.25) is 0 Å². The van der Waals surface area contributed by atoms with Gasteiger partial charge in [0, 0.05) is 24.0 Å². The Bertz CT molecular complexity index is 398. The van der Waals surface area contributed by atoms with E-state index in [1.54, 1.807) is 0 Å². The number of nitrogens with one attached hydrogen (secondary N) is 1. The molecule has 2 atom stereocenters. The summed E-state index contributed by atoms with van der Waals surface area (Å²) < 4.78 is 4.80. The number of carbonyl (C=O) groups excluding carboxylic acids is 1. The molecule has 2 unspecified atom stereocenters. The summed E-state index contributed by atoms with van der Waals surface area (Å²) in [6.45, 7) is 1.42. The van der Waals surface area contributed by atoms with Gasteiger partial charge >= 0.3 is 5.97 Å². The van der Waals surface area contributed by atoms with Gasteiger partial charge in [0.05, 0.1) is 13.0 Å². The maximum atomic E-state index is 11.6. The summed E-state index contributed by atoms with van der Waals surface area (Å²) in [5.41, 5.74) is 1.02. The maximum Gasteiger partial charge on any atom is 0.310 e. The molecule has 0 bridgehead atoms. The van der Waals surface area contributed by atoms with Gasteiger partial charge < -0.3 is 10.1 Å². The van der Waals surface area contributed by atoms with E-state index in [-0.39, 0.29) is 30.2 Å². The van der Waals surface area contributed by atoms with Gasteiger partial charge in [0.25, 0.3) is 0 Å². The van der Waals surface area contributed by atoms with Crippen LogP contribution >= 0.6 is 24.0 Å². The molecule has 17 heavy (non-hydrogen) atoms. The van der Waals surface area contributed by atoms with Crippen LogP contribution in [0.3, 0.4) is 0 Å². The van der Waals surface area contributed by atoms with Crippen LogP contribution in [0.1, 0.15) is 11.5 Å². The van der Waals surface area contributed by atoms with Gasteiger partial charge in [-0.3, -0.25) is 4.79 Å². The second-order valence-electron chi connectivity index (χ2n) is 3.92. The fraction of sp³-hybridized carbons (Fsp3) is 0.417. The maximum absolute atomic E-state index is 11.6. The minimum atomic E-state index is -0.171. The summed E-state index contributed by atoms with van der Waals surface area (Å²) in [7, 11) is 1.42. The Morgan fingerprint density at radius 3 is 2.76 bits per heavy atom. The van der Waals surface area contributed by atoms with Crippen molar-refractivity contribution in [2.45, 2.75) is 5.92 Å². The molecule has 94 valence electrons. The largest absolute Gasteiger partial charge is 0.469 e. The smallest absolute Gasteiger partial charge is 0.310 e. The predicted octanol–water partition coefficient (Wildman–Crippen LogP) is 2.24. The third-order valence-electron chi connectivity index (χ3n) is 3.02. The average molecular weight is 276 g/mol. The number of rotatable bonds is 2. The third kappa shape index (κ3) is 2.92. The van der Waals surface area contributed by atoms with E-state index in [0.717, 1.165) is 12.1 Å². The zero-order valence-corrected chi connectivity index (χ0v) is 11.1. The van der Waals surface area contributed by atoms with Crippen molar-refractivity contribution in [1.29, 1.82) is 0 Å². The van der Waals surface area contributed by atoms with Crippen LogP contribution in [0.25, 0.3) is 0 Å². The SMILES string of the molecule is COC(=O)C1CNCC1c1ccccc1Cl.Cl. The Morgan fingerprint density at radius 1 is 1.41 bits per heavy atom. The molecule has 1 heterocycles. The van der Waals surface area contributed by atoms with Gasteiger partial charge in [-0.2, -0.15) is 0 Å². The number of carbonyl (C=O) groups is 1. The highest BCUT2D eigenvalue weighted by molar-refractivity contribution is 6.31. The van der Waals surface area contributed by atoms with Crippen LogP contribution in [0.2, 0.25) is 5.02 Å².